The summed E-state index contributed by atoms with van der Waals surface area (Å²) >= 11 is 0. The number of para-hydroxylation sites is 1. The summed E-state index contributed by atoms with van der Waals surface area (Å²) in [6.45, 7) is 3.48. The van der Waals surface area contributed by atoms with Crippen molar-refractivity contribution in [3.8, 4) is 17.5 Å². The van der Waals surface area contributed by atoms with Crippen molar-refractivity contribution in [2.45, 2.75) is 19.9 Å². The van der Waals surface area contributed by atoms with Gasteiger partial charge in [0.25, 0.3) is 5.91 Å². The number of nitrogen functional groups attached to an aromatic ring is 1. The van der Waals surface area contributed by atoms with Crippen molar-refractivity contribution in [1.82, 2.24) is 33.9 Å². The van der Waals surface area contributed by atoms with Crippen LogP contribution in [0.15, 0.2) is 65.8 Å². The van der Waals surface area contributed by atoms with Gasteiger partial charge in [0, 0.05) is 18.5 Å². The van der Waals surface area contributed by atoms with E-state index in [0.29, 0.717) is 28.4 Å². The molecule has 0 radical (unpaired) electrons. The third-order valence-electron chi connectivity index (χ3n) is 5.42. The first-order valence-corrected chi connectivity index (χ1v) is 10.5. The van der Waals surface area contributed by atoms with Gasteiger partial charge in [-0.1, -0.05) is 24.1 Å². The standard InChI is InChI=1S/C24H20N8O2/c1-3-8-17-14-27-19-13-18(31(24(34)32(17)19)16-9-5-4-6-10-16)15(2)28-23(33)20-21(25)29-30-12-7-11-26-22(20)30/h4-7,9-15H,1-2H3,(H2,25,29)(H,28,33)/t15-/m1/s1. The first-order valence-electron chi connectivity index (χ1n) is 10.5. The first-order chi connectivity index (χ1) is 16.5. The fraction of sp³-hybridized carbons (Fsp3) is 0.125. The molecule has 10 heteroatoms. The average molecular weight is 452 g/mol. The van der Waals surface area contributed by atoms with Crippen LogP contribution in [0.1, 0.15) is 41.6 Å². The predicted octanol–water partition coefficient (Wildman–Crippen LogP) is 1.97. The molecule has 4 heterocycles. The zero-order valence-electron chi connectivity index (χ0n) is 18.4. The van der Waals surface area contributed by atoms with Gasteiger partial charge in [-0.15, -0.1) is 5.10 Å². The number of nitrogens with two attached hydrogens (primary N) is 1. The van der Waals surface area contributed by atoms with Gasteiger partial charge < -0.3 is 11.1 Å². The second-order valence-electron chi connectivity index (χ2n) is 7.58. The Labute approximate surface area is 193 Å². The molecule has 1 atom stereocenters. The highest BCUT2D eigenvalue weighted by atomic mass is 16.2. The number of carbonyl (C=O) groups excluding carboxylic acids is 1. The zero-order valence-corrected chi connectivity index (χ0v) is 18.4. The molecule has 1 amide bonds. The summed E-state index contributed by atoms with van der Waals surface area (Å²) in [5.41, 5.74) is 8.29. The Morgan fingerprint density at radius 2 is 1.97 bits per heavy atom. The predicted molar refractivity (Wildman–Crippen MR) is 127 cm³/mol. The Morgan fingerprint density at radius 1 is 1.18 bits per heavy atom. The number of hydrogen-bond acceptors (Lipinski definition) is 6. The number of rotatable bonds is 4. The molecular formula is C24H20N8O2. The van der Waals surface area contributed by atoms with Crippen LogP contribution in [0.3, 0.4) is 0 Å². The quantitative estimate of drug-likeness (QED) is 0.402. The Balaban J connectivity index is 1.64. The second-order valence-corrected chi connectivity index (χ2v) is 7.58. The van der Waals surface area contributed by atoms with Crippen LogP contribution in [0, 0.1) is 11.8 Å². The largest absolute Gasteiger partial charge is 0.381 e. The number of nitrogens with zero attached hydrogens (tertiary/aromatic N) is 6. The molecule has 3 N–H and O–H groups in total. The molecule has 10 nitrogen and oxygen atoms in total. The highest BCUT2D eigenvalue weighted by Gasteiger charge is 2.24. The van der Waals surface area contributed by atoms with Gasteiger partial charge in [-0.25, -0.2) is 23.7 Å². The Morgan fingerprint density at radius 3 is 2.74 bits per heavy atom. The van der Waals surface area contributed by atoms with Crippen molar-refractivity contribution >= 4 is 23.0 Å². The van der Waals surface area contributed by atoms with Crippen LogP contribution in [0.4, 0.5) is 5.82 Å². The van der Waals surface area contributed by atoms with Crippen LogP contribution in [-0.4, -0.2) is 34.5 Å². The minimum Gasteiger partial charge on any atom is -0.381 e. The van der Waals surface area contributed by atoms with E-state index < -0.39 is 11.9 Å². The highest BCUT2D eigenvalue weighted by molar-refractivity contribution is 6.04. The molecule has 168 valence electrons. The summed E-state index contributed by atoms with van der Waals surface area (Å²) in [6.07, 6.45) is 4.78. The maximum absolute atomic E-state index is 13.6. The number of aromatic nitrogens is 6. The summed E-state index contributed by atoms with van der Waals surface area (Å²) in [6, 6.07) is 12.1. The monoisotopic (exact) mass is 452 g/mol. The van der Waals surface area contributed by atoms with E-state index in [9.17, 15) is 9.59 Å². The molecule has 0 fully saturated rings. The summed E-state index contributed by atoms with van der Waals surface area (Å²) < 4.78 is 4.44. The Kier molecular flexibility index (Phi) is 5.07. The molecule has 0 unspecified atom stereocenters. The molecule has 0 aliphatic rings. The third kappa shape index (κ3) is 3.36. The van der Waals surface area contributed by atoms with Crippen LogP contribution in [0.25, 0.3) is 17.0 Å². The molecular weight excluding hydrogens is 432 g/mol. The van der Waals surface area contributed by atoms with E-state index in [1.807, 2.05) is 30.3 Å². The van der Waals surface area contributed by atoms with E-state index in [1.165, 1.54) is 13.5 Å². The number of hydrogen-bond donors (Lipinski definition) is 2. The molecule has 0 aliphatic carbocycles. The third-order valence-corrected chi connectivity index (χ3v) is 5.42. The lowest BCUT2D eigenvalue weighted by Crippen LogP contribution is -2.34. The number of nitrogens with one attached hydrogen (secondary N) is 1. The molecule has 34 heavy (non-hydrogen) atoms. The van der Waals surface area contributed by atoms with Gasteiger partial charge in [0.2, 0.25) is 0 Å². The molecule has 4 aromatic heterocycles. The van der Waals surface area contributed by atoms with Crippen molar-refractivity contribution in [3.05, 3.63) is 88.5 Å². The Hall–Kier alpha value is -4.91. The number of amides is 1. The zero-order chi connectivity index (χ0) is 23.8. The minimum absolute atomic E-state index is 0.0651. The number of imidazole rings is 1. The smallest absolute Gasteiger partial charge is 0.339 e. The van der Waals surface area contributed by atoms with Gasteiger partial charge >= 0.3 is 5.69 Å². The lowest BCUT2D eigenvalue weighted by molar-refractivity contribution is 0.0941. The molecule has 1 aromatic carbocycles. The van der Waals surface area contributed by atoms with E-state index in [-0.39, 0.29) is 17.1 Å². The summed E-state index contributed by atoms with van der Waals surface area (Å²) in [4.78, 5) is 35.4. The van der Waals surface area contributed by atoms with Gasteiger partial charge in [0.05, 0.1) is 23.6 Å². The van der Waals surface area contributed by atoms with Crippen molar-refractivity contribution in [3.63, 3.8) is 0 Å². The summed E-state index contributed by atoms with van der Waals surface area (Å²) in [5, 5.41) is 7.07. The molecule has 5 aromatic rings. The van der Waals surface area contributed by atoms with Gasteiger partial charge in [-0.2, -0.15) is 0 Å². The molecule has 5 rings (SSSR count). The van der Waals surface area contributed by atoms with Crippen molar-refractivity contribution in [2.24, 2.45) is 0 Å². The number of carbonyl (C=O) groups is 1. The first kappa shape index (κ1) is 21.0. The molecule has 0 saturated heterocycles. The highest BCUT2D eigenvalue weighted by Crippen LogP contribution is 2.21. The fourth-order valence-electron chi connectivity index (χ4n) is 3.91. The molecule has 0 aliphatic heterocycles. The van der Waals surface area contributed by atoms with Gasteiger partial charge in [0.1, 0.15) is 16.9 Å². The van der Waals surface area contributed by atoms with Crippen molar-refractivity contribution < 1.29 is 4.79 Å². The lowest BCUT2D eigenvalue weighted by atomic mass is 10.1. The maximum atomic E-state index is 13.6. The molecule has 0 spiro atoms. The van der Waals surface area contributed by atoms with Crippen LogP contribution in [0.5, 0.6) is 0 Å². The SMILES string of the molecule is CC#Cc1cnc2cc([C@@H](C)NC(=O)c3c(N)nn4cccnc34)n(-c3ccccc3)c(=O)n12. The van der Waals surface area contributed by atoms with E-state index in [4.69, 9.17) is 5.73 Å². The van der Waals surface area contributed by atoms with Gasteiger partial charge in [-0.05, 0) is 38.0 Å². The summed E-state index contributed by atoms with van der Waals surface area (Å²) in [7, 11) is 0. The van der Waals surface area contributed by atoms with Crippen molar-refractivity contribution in [1.29, 1.82) is 0 Å². The van der Waals surface area contributed by atoms with Crippen molar-refractivity contribution in [2.75, 3.05) is 5.73 Å². The molecule has 0 bridgehead atoms. The van der Waals surface area contributed by atoms with Crippen LogP contribution >= 0.6 is 0 Å². The van der Waals surface area contributed by atoms with E-state index in [2.05, 4.69) is 32.2 Å². The second kappa shape index (κ2) is 8.22. The van der Waals surface area contributed by atoms with Crippen LogP contribution < -0.4 is 16.7 Å². The maximum Gasteiger partial charge on any atom is 0.339 e. The van der Waals surface area contributed by atoms with E-state index >= 15 is 0 Å². The minimum atomic E-state index is -0.583. The van der Waals surface area contributed by atoms with Gasteiger partial charge in [-0.3, -0.25) is 9.36 Å². The topological polar surface area (TPSA) is 125 Å². The summed E-state index contributed by atoms with van der Waals surface area (Å²) in [5.74, 6) is 5.33. The lowest BCUT2D eigenvalue weighted by Gasteiger charge is -2.20. The van der Waals surface area contributed by atoms with E-state index in [0.717, 1.165) is 0 Å². The number of benzene rings is 1. The number of fused-ring (bicyclic) bond motifs is 2. The van der Waals surface area contributed by atoms with Crippen LogP contribution in [-0.2, 0) is 0 Å². The van der Waals surface area contributed by atoms with Gasteiger partial charge in [0.15, 0.2) is 11.5 Å². The normalized spacial score (nSPS) is 11.8. The van der Waals surface area contributed by atoms with Crippen LogP contribution in [0.2, 0.25) is 0 Å². The van der Waals surface area contributed by atoms with E-state index in [1.54, 1.807) is 44.6 Å². The number of anilines is 1. The average Bonchev–Trinajstić information content (AvgIpc) is 3.39. The Bertz CT molecular complexity index is 1670. The molecule has 0 saturated carbocycles. The fourth-order valence-corrected chi connectivity index (χ4v) is 3.91.